The van der Waals surface area contributed by atoms with Crippen LogP contribution in [0.5, 0.6) is 0 Å². The van der Waals surface area contributed by atoms with Gasteiger partial charge in [0.2, 0.25) is 5.91 Å². The van der Waals surface area contributed by atoms with Crippen LogP contribution >= 0.6 is 0 Å². The number of hydrogen-bond donors (Lipinski definition) is 2. The third-order valence-corrected chi connectivity index (χ3v) is 3.76. The minimum absolute atomic E-state index is 0.0456. The molecule has 0 heterocycles. The van der Waals surface area contributed by atoms with Gasteiger partial charge in [0.1, 0.15) is 0 Å². The number of nitrogens with two attached hydrogens (primary N) is 1. The molecule has 0 aromatic rings. The zero-order valence-electron chi connectivity index (χ0n) is 10.6. The molecule has 0 aromatic heterocycles. The van der Waals surface area contributed by atoms with E-state index in [0.717, 1.165) is 6.54 Å². The summed E-state index contributed by atoms with van der Waals surface area (Å²) in [5.41, 5.74) is 5.83. The lowest BCUT2D eigenvalue weighted by Crippen LogP contribution is -2.36. The van der Waals surface area contributed by atoms with Gasteiger partial charge in [-0.15, -0.1) is 0 Å². The third-order valence-electron chi connectivity index (χ3n) is 3.76. The maximum Gasteiger partial charge on any atom is 0.222 e. The van der Waals surface area contributed by atoms with Crippen molar-refractivity contribution in [3.63, 3.8) is 0 Å². The van der Waals surface area contributed by atoms with Crippen LogP contribution in [-0.2, 0) is 9.53 Å². The van der Waals surface area contributed by atoms with Gasteiger partial charge in [0.05, 0.1) is 12.5 Å². The monoisotopic (exact) mass is 228 g/mol. The smallest absolute Gasteiger partial charge is 0.222 e. The molecule has 0 bridgehead atoms. The van der Waals surface area contributed by atoms with Crippen LogP contribution in [0.4, 0.5) is 0 Å². The zero-order chi connectivity index (χ0) is 12.2. The fourth-order valence-electron chi connectivity index (χ4n) is 1.94. The Kier molecular flexibility index (Phi) is 4.74. The van der Waals surface area contributed by atoms with E-state index in [-0.39, 0.29) is 12.0 Å². The third kappa shape index (κ3) is 3.46. The molecule has 1 rings (SSSR count). The van der Waals surface area contributed by atoms with Gasteiger partial charge in [-0.1, -0.05) is 13.8 Å². The molecule has 0 spiro atoms. The molecule has 0 aliphatic heterocycles. The molecule has 0 aromatic carbocycles. The molecule has 4 heteroatoms. The molecule has 16 heavy (non-hydrogen) atoms. The molecular weight excluding hydrogens is 204 g/mol. The Morgan fingerprint density at radius 3 is 2.50 bits per heavy atom. The van der Waals surface area contributed by atoms with Crippen molar-refractivity contribution in [3.05, 3.63) is 0 Å². The van der Waals surface area contributed by atoms with E-state index < -0.39 is 0 Å². The second-order valence-electron chi connectivity index (χ2n) is 5.09. The minimum atomic E-state index is -0.158. The quantitative estimate of drug-likeness (QED) is 0.680. The van der Waals surface area contributed by atoms with Gasteiger partial charge in [0.15, 0.2) is 0 Å². The summed E-state index contributed by atoms with van der Waals surface area (Å²) in [5, 5.41) is 2.99. The van der Waals surface area contributed by atoms with Gasteiger partial charge in [0, 0.05) is 20.2 Å². The number of rotatable bonds is 7. The summed E-state index contributed by atoms with van der Waals surface area (Å²) in [6, 6.07) is 0. The van der Waals surface area contributed by atoms with Crippen molar-refractivity contribution in [3.8, 4) is 0 Å². The molecule has 1 aliphatic carbocycles. The van der Waals surface area contributed by atoms with Gasteiger partial charge >= 0.3 is 0 Å². The van der Waals surface area contributed by atoms with E-state index in [9.17, 15) is 4.79 Å². The average Bonchev–Trinajstić information content (AvgIpc) is 3.04. The van der Waals surface area contributed by atoms with Crippen LogP contribution in [0.1, 0.15) is 33.1 Å². The lowest BCUT2D eigenvalue weighted by atomic mass is 9.92. The number of nitrogens with one attached hydrogen (secondary N) is 1. The fourth-order valence-corrected chi connectivity index (χ4v) is 1.94. The topological polar surface area (TPSA) is 64.3 Å². The minimum Gasteiger partial charge on any atom is -0.380 e. The first-order valence-electron chi connectivity index (χ1n) is 6.03. The first-order valence-corrected chi connectivity index (χ1v) is 6.03. The second-order valence-corrected chi connectivity index (χ2v) is 5.09. The van der Waals surface area contributed by atoms with E-state index in [1.165, 1.54) is 12.8 Å². The van der Waals surface area contributed by atoms with E-state index in [2.05, 4.69) is 19.2 Å². The highest BCUT2D eigenvalue weighted by Gasteiger charge is 2.45. The van der Waals surface area contributed by atoms with Gasteiger partial charge in [-0.05, 0) is 24.2 Å². The Morgan fingerprint density at radius 2 is 2.12 bits per heavy atom. The van der Waals surface area contributed by atoms with Crippen molar-refractivity contribution in [1.29, 1.82) is 0 Å². The summed E-state index contributed by atoms with van der Waals surface area (Å²) in [5.74, 6) is 0.685. The maximum absolute atomic E-state index is 11.6. The van der Waals surface area contributed by atoms with E-state index in [0.29, 0.717) is 24.3 Å². The summed E-state index contributed by atoms with van der Waals surface area (Å²) in [6.45, 7) is 5.62. The predicted molar refractivity (Wildman–Crippen MR) is 64.0 cm³/mol. The largest absolute Gasteiger partial charge is 0.380 e. The molecule has 1 amide bonds. The maximum atomic E-state index is 11.6. The molecule has 1 unspecified atom stereocenters. The van der Waals surface area contributed by atoms with Crippen molar-refractivity contribution in [2.45, 2.75) is 39.2 Å². The first-order chi connectivity index (χ1) is 7.54. The first kappa shape index (κ1) is 13.5. The number of methoxy groups -OCH3 is 1. The molecule has 1 fully saturated rings. The van der Waals surface area contributed by atoms with Gasteiger partial charge in [-0.25, -0.2) is 0 Å². The van der Waals surface area contributed by atoms with Crippen LogP contribution in [-0.4, -0.2) is 32.2 Å². The lowest BCUT2D eigenvalue weighted by molar-refractivity contribution is -0.123. The Bertz CT molecular complexity index is 233. The van der Waals surface area contributed by atoms with Crippen molar-refractivity contribution < 1.29 is 9.53 Å². The molecular formula is C12H24N2O2. The van der Waals surface area contributed by atoms with Crippen LogP contribution in [0.25, 0.3) is 0 Å². The van der Waals surface area contributed by atoms with Gasteiger partial charge in [-0.3, -0.25) is 4.79 Å². The Labute approximate surface area is 97.9 Å². The van der Waals surface area contributed by atoms with Gasteiger partial charge in [0.25, 0.3) is 0 Å². The summed E-state index contributed by atoms with van der Waals surface area (Å²) in [7, 11) is 1.58. The summed E-state index contributed by atoms with van der Waals surface area (Å²) in [4.78, 5) is 11.6. The van der Waals surface area contributed by atoms with Gasteiger partial charge in [-0.2, -0.15) is 0 Å². The normalized spacial score (nSPS) is 19.6. The number of hydrogen-bond acceptors (Lipinski definition) is 3. The highest BCUT2D eigenvalue weighted by molar-refractivity contribution is 5.76. The average molecular weight is 228 g/mol. The van der Waals surface area contributed by atoms with Crippen LogP contribution < -0.4 is 11.1 Å². The van der Waals surface area contributed by atoms with E-state index in [1.807, 2.05) is 0 Å². The summed E-state index contributed by atoms with van der Waals surface area (Å²) < 4.78 is 5.08. The predicted octanol–water partition coefficient (Wildman–Crippen LogP) is 0.903. The van der Waals surface area contributed by atoms with Crippen LogP contribution in [0, 0.1) is 11.3 Å². The molecule has 4 nitrogen and oxygen atoms in total. The van der Waals surface area contributed by atoms with E-state index >= 15 is 0 Å². The summed E-state index contributed by atoms with van der Waals surface area (Å²) >= 11 is 0. The Morgan fingerprint density at radius 1 is 1.50 bits per heavy atom. The van der Waals surface area contributed by atoms with Crippen molar-refractivity contribution >= 4 is 5.91 Å². The number of carbonyl (C=O) groups excluding carboxylic acids is 1. The fraction of sp³-hybridized carbons (Fsp3) is 0.917. The Balaban J connectivity index is 2.25. The van der Waals surface area contributed by atoms with E-state index in [1.54, 1.807) is 7.11 Å². The van der Waals surface area contributed by atoms with Crippen LogP contribution in [0.2, 0.25) is 0 Å². The summed E-state index contributed by atoms with van der Waals surface area (Å²) in [6.07, 6.45) is 2.67. The molecule has 0 radical (unpaired) electrons. The molecule has 1 atom stereocenters. The van der Waals surface area contributed by atoms with E-state index in [4.69, 9.17) is 10.5 Å². The molecule has 94 valence electrons. The highest BCUT2D eigenvalue weighted by atomic mass is 16.5. The second kappa shape index (κ2) is 5.64. The van der Waals surface area contributed by atoms with Crippen molar-refractivity contribution in [1.82, 2.24) is 5.32 Å². The van der Waals surface area contributed by atoms with Crippen LogP contribution in [0.15, 0.2) is 0 Å². The Hall–Kier alpha value is -0.610. The highest BCUT2D eigenvalue weighted by Crippen LogP contribution is 2.51. The van der Waals surface area contributed by atoms with Crippen molar-refractivity contribution in [2.24, 2.45) is 17.1 Å². The van der Waals surface area contributed by atoms with Gasteiger partial charge < -0.3 is 15.8 Å². The zero-order valence-corrected chi connectivity index (χ0v) is 10.6. The number of carbonyl (C=O) groups is 1. The molecule has 3 N–H and O–H groups in total. The molecule has 1 aliphatic rings. The molecule has 1 saturated carbocycles. The number of ether oxygens (including phenoxy) is 1. The standard InChI is InChI=1S/C12H24N2O2/c1-9(2)12(4-5-12)8-14-11(15)6-10(7-13)16-3/h9-10H,4-8,13H2,1-3H3,(H,14,15). The SMILES string of the molecule is COC(CN)CC(=O)NCC1(C(C)C)CC1. The van der Waals surface area contributed by atoms with Crippen molar-refractivity contribution in [2.75, 3.05) is 20.2 Å². The number of amides is 1. The molecule has 0 saturated heterocycles. The lowest BCUT2D eigenvalue weighted by Gasteiger charge is -2.20. The van der Waals surface area contributed by atoms with Crippen LogP contribution in [0.3, 0.4) is 0 Å².